The summed E-state index contributed by atoms with van der Waals surface area (Å²) < 4.78 is 5.57. The van der Waals surface area contributed by atoms with Gasteiger partial charge in [0.2, 0.25) is 0 Å². The average Bonchev–Trinajstić information content (AvgIpc) is 2.67. The topological polar surface area (TPSA) is 24.5 Å². The second-order valence-corrected chi connectivity index (χ2v) is 5.59. The van der Waals surface area contributed by atoms with Gasteiger partial charge in [-0.05, 0) is 44.7 Å². The Balaban J connectivity index is 1.81. The van der Waals surface area contributed by atoms with Gasteiger partial charge >= 0.3 is 0 Å². The minimum atomic E-state index is 0.443. The number of ether oxygens (including phenoxy) is 1. The lowest BCUT2D eigenvalue weighted by atomic mass is 9.93. The molecule has 0 aliphatic carbocycles. The van der Waals surface area contributed by atoms with Crippen LogP contribution in [0.4, 0.5) is 0 Å². The van der Waals surface area contributed by atoms with Crippen molar-refractivity contribution in [2.45, 2.75) is 38.8 Å². The number of hydrogen-bond acceptors (Lipinski definition) is 3. The highest BCUT2D eigenvalue weighted by atomic mass is 16.5. The predicted octanol–water partition coefficient (Wildman–Crippen LogP) is 1.34. The van der Waals surface area contributed by atoms with Gasteiger partial charge in [-0.2, -0.15) is 0 Å². The number of hydrogen-bond donors (Lipinski definition) is 1. The van der Waals surface area contributed by atoms with E-state index in [1.165, 1.54) is 32.5 Å². The molecule has 3 heteroatoms. The maximum Gasteiger partial charge on any atom is 0.0724 e. The number of nitrogens with zero attached hydrogens (tertiary/aromatic N) is 1. The first-order valence-electron chi connectivity index (χ1n) is 6.69. The number of methoxy groups -OCH3 is 1. The number of nitrogens with one attached hydrogen (secondary N) is 1. The van der Waals surface area contributed by atoms with Gasteiger partial charge < -0.3 is 15.0 Å². The van der Waals surface area contributed by atoms with E-state index in [-0.39, 0.29) is 0 Å². The Bertz CT molecular complexity index is 222. The summed E-state index contributed by atoms with van der Waals surface area (Å²) in [7, 11) is 1.85. The van der Waals surface area contributed by atoms with Gasteiger partial charge in [0.15, 0.2) is 0 Å². The highest BCUT2D eigenvalue weighted by molar-refractivity contribution is 4.85. The Labute approximate surface area is 99.5 Å². The van der Waals surface area contributed by atoms with Gasteiger partial charge in [0, 0.05) is 26.2 Å². The summed E-state index contributed by atoms with van der Waals surface area (Å²) in [4.78, 5) is 2.60. The SMILES string of the molecule is COC1CN(CC2CCNC2C)CCC1C. The molecule has 2 heterocycles. The zero-order valence-electron chi connectivity index (χ0n) is 10.9. The minimum Gasteiger partial charge on any atom is -0.380 e. The first kappa shape index (κ1) is 12.3. The Morgan fingerprint density at radius 3 is 2.75 bits per heavy atom. The Hall–Kier alpha value is -0.120. The van der Waals surface area contributed by atoms with Gasteiger partial charge in [0.25, 0.3) is 0 Å². The molecular formula is C13H26N2O. The van der Waals surface area contributed by atoms with Crippen LogP contribution in [0.1, 0.15) is 26.7 Å². The lowest BCUT2D eigenvalue weighted by molar-refractivity contribution is -0.00951. The van der Waals surface area contributed by atoms with Crippen LogP contribution in [-0.2, 0) is 4.74 Å². The van der Waals surface area contributed by atoms with E-state index in [1.807, 2.05) is 7.11 Å². The van der Waals surface area contributed by atoms with E-state index in [2.05, 4.69) is 24.1 Å². The van der Waals surface area contributed by atoms with Gasteiger partial charge in [-0.25, -0.2) is 0 Å². The summed E-state index contributed by atoms with van der Waals surface area (Å²) >= 11 is 0. The third-order valence-corrected chi connectivity index (χ3v) is 4.46. The van der Waals surface area contributed by atoms with Crippen LogP contribution in [0.15, 0.2) is 0 Å². The van der Waals surface area contributed by atoms with Crippen LogP contribution in [0, 0.1) is 11.8 Å². The molecule has 3 nitrogen and oxygen atoms in total. The molecule has 2 saturated heterocycles. The summed E-state index contributed by atoms with van der Waals surface area (Å²) in [6.45, 7) is 9.46. The number of rotatable bonds is 3. The molecule has 2 aliphatic heterocycles. The monoisotopic (exact) mass is 226 g/mol. The predicted molar refractivity (Wildman–Crippen MR) is 66.6 cm³/mol. The van der Waals surface area contributed by atoms with Gasteiger partial charge in [-0.15, -0.1) is 0 Å². The summed E-state index contributed by atoms with van der Waals surface area (Å²) in [5.74, 6) is 1.56. The molecule has 4 atom stereocenters. The fourth-order valence-electron chi connectivity index (χ4n) is 3.06. The molecule has 0 amide bonds. The van der Waals surface area contributed by atoms with Crippen LogP contribution >= 0.6 is 0 Å². The zero-order chi connectivity index (χ0) is 11.5. The van der Waals surface area contributed by atoms with E-state index < -0.39 is 0 Å². The molecule has 0 spiro atoms. The van der Waals surface area contributed by atoms with Crippen molar-refractivity contribution in [2.24, 2.45) is 11.8 Å². The van der Waals surface area contributed by atoms with Crippen LogP contribution in [0.3, 0.4) is 0 Å². The molecule has 2 fully saturated rings. The van der Waals surface area contributed by atoms with Crippen molar-refractivity contribution in [1.29, 1.82) is 0 Å². The van der Waals surface area contributed by atoms with Gasteiger partial charge in [-0.1, -0.05) is 6.92 Å². The van der Waals surface area contributed by atoms with E-state index in [4.69, 9.17) is 4.74 Å². The number of likely N-dealkylation sites (tertiary alicyclic amines) is 1. The molecule has 0 aromatic carbocycles. The molecule has 0 bridgehead atoms. The van der Waals surface area contributed by atoms with Gasteiger partial charge in [-0.3, -0.25) is 0 Å². The lowest BCUT2D eigenvalue weighted by Gasteiger charge is -2.37. The minimum absolute atomic E-state index is 0.443. The van der Waals surface area contributed by atoms with Crippen LogP contribution in [-0.4, -0.2) is 50.3 Å². The third kappa shape index (κ3) is 2.76. The molecule has 0 aromatic rings. The molecule has 0 aromatic heterocycles. The fraction of sp³-hybridized carbons (Fsp3) is 1.00. The fourth-order valence-corrected chi connectivity index (χ4v) is 3.06. The van der Waals surface area contributed by atoms with Crippen LogP contribution in [0.5, 0.6) is 0 Å². The smallest absolute Gasteiger partial charge is 0.0724 e. The average molecular weight is 226 g/mol. The maximum absolute atomic E-state index is 5.57. The van der Waals surface area contributed by atoms with Crippen molar-refractivity contribution in [1.82, 2.24) is 10.2 Å². The molecule has 4 unspecified atom stereocenters. The van der Waals surface area contributed by atoms with Crippen molar-refractivity contribution < 1.29 is 4.74 Å². The summed E-state index contributed by atoms with van der Waals surface area (Å²) in [5, 5.41) is 3.54. The van der Waals surface area contributed by atoms with Crippen molar-refractivity contribution in [3.05, 3.63) is 0 Å². The summed E-state index contributed by atoms with van der Waals surface area (Å²) in [6, 6.07) is 0.695. The lowest BCUT2D eigenvalue weighted by Crippen LogP contribution is -2.46. The van der Waals surface area contributed by atoms with Crippen LogP contribution in [0.2, 0.25) is 0 Å². The van der Waals surface area contributed by atoms with Crippen molar-refractivity contribution >= 4 is 0 Å². The highest BCUT2D eigenvalue weighted by Gasteiger charge is 2.30. The van der Waals surface area contributed by atoms with E-state index in [0.29, 0.717) is 12.1 Å². The Kier molecular flexibility index (Phi) is 4.22. The van der Waals surface area contributed by atoms with Gasteiger partial charge in [0.05, 0.1) is 6.10 Å². The molecule has 16 heavy (non-hydrogen) atoms. The molecule has 0 radical (unpaired) electrons. The molecule has 94 valence electrons. The maximum atomic E-state index is 5.57. The Morgan fingerprint density at radius 1 is 1.31 bits per heavy atom. The summed E-state index contributed by atoms with van der Waals surface area (Å²) in [6.07, 6.45) is 3.07. The standard InChI is InChI=1S/C13H26N2O/c1-10-5-7-15(9-13(10)16-3)8-12-4-6-14-11(12)2/h10-14H,4-9H2,1-3H3. The van der Waals surface area contributed by atoms with Crippen molar-refractivity contribution in [3.8, 4) is 0 Å². The highest BCUT2D eigenvalue weighted by Crippen LogP contribution is 2.23. The number of piperidine rings is 1. The third-order valence-electron chi connectivity index (χ3n) is 4.46. The van der Waals surface area contributed by atoms with Crippen molar-refractivity contribution in [3.63, 3.8) is 0 Å². The van der Waals surface area contributed by atoms with E-state index >= 15 is 0 Å². The molecule has 2 aliphatic rings. The molecule has 2 rings (SSSR count). The molecule has 1 N–H and O–H groups in total. The zero-order valence-corrected chi connectivity index (χ0v) is 10.9. The summed E-state index contributed by atoms with van der Waals surface area (Å²) in [5.41, 5.74) is 0. The van der Waals surface area contributed by atoms with Crippen molar-refractivity contribution in [2.75, 3.05) is 33.3 Å². The molecule has 0 saturated carbocycles. The van der Waals surface area contributed by atoms with Gasteiger partial charge in [0.1, 0.15) is 0 Å². The second kappa shape index (κ2) is 5.48. The van der Waals surface area contributed by atoms with Crippen LogP contribution in [0.25, 0.3) is 0 Å². The van der Waals surface area contributed by atoms with E-state index in [1.54, 1.807) is 0 Å². The Morgan fingerprint density at radius 2 is 2.12 bits per heavy atom. The van der Waals surface area contributed by atoms with Crippen LogP contribution < -0.4 is 5.32 Å². The molecular weight excluding hydrogens is 200 g/mol. The second-order valence-electron chi connectivity index (χ2n) is 5.59. The first-order chi connectivity index (χ1) is 7.70. The first-order valence-corrected chi connectivity index (χ1v) is 6.69. The quantitative estimate of drug-likeness (QED) is 0.786. The van der Waals surface area contributed by atoms with E-state index in [9.17, 15) is 0 Å². The normalized spacial score (nSPS) is 41.4. The van der Waals surface area contributed by atoms with E-state index in [0.717, 1.165) is 18.4 Å². The largest absolute Gasteiger partial charge is 0.380 e.